The molecular formula is C40H39N3O7. The number of rotatable bonds is 12. The number of anilines is 1. The molecule has 6 rings (SSSR count). The Morgan fingerprint density at radius 1 is 0.920 bits per heavy atom. The summed E-state index contributed by atoms with van der Waals surface area (Å²) in [5, 5.41) is 13.5. The van der Waals surface area contributed by atoms with Crippen LogP contribution in [-0.4, -0.2) is 40.2 Å². The largest absolute Gasteiger partial charge is 0.465 e. The van der Waals surface area contributed by atoms with Gasteiger partial charge in [-0.15, -0.1) is 0 Å². The number of nitrogens with zero attached hydrogens (tertiary/aromatic N) is 2. The maximum Gasteiger partial charge on any atom is 0.419 e. The number of aromatic nitrogens is 1. The van der Waals surface area contributed by atoms with Gasteiger partial charge in [0.05, 0.1) is 11.2 Å². The molecule has 1 aliphatic rings. The summed E-state index contributed by atoms with van der Waals surface area (Å²) in [5.74, 6) is -0.463. The zero-order valence-corrected chi connectivity index (χ0v) is 27.6. The number of hydrogen-bond acceptors (Lipinski definition) is 6. The Morgan fingerprint density at radius 2 is 1.64 bits per heavy atom. The maximum atomic E-state index is 12.9. The molecule has 0 spiro atoms. The third kappa shape index (κ3) is 8.20. The molecule has 0 atom stereocenters. The first-order chi connectivity index (χ1) is 24.4. The number of carbonyl (C=O) groups is 3. The Kier molecular flexibility index (Phi) is 10.9. The number of benzene rings is 4. The summed E-state index contributed by atoms with van der Waals surface area (Å²) in [7, 11) is 0. The summed E-state index contributed by atoms with van der Waals surface area (Å²) in [6, 6.07) is 29.6. The molecule has 256 valence electrons. The smallest absolute Gasteiger partial charge is 0.419 e. The van der Waals surface area contributed by atoms with E-state index in [0.29, 0.717) is 73.7 Å². The van der Waals surface area contributed by atoms with E-state index in [9.17, 15) is 24.3 Å². The fourth-order valence-corrected chi connectivity index (χ4v) is 6.53. The van der Waals surface area contributed by atoms with Crippen LogP contribution in [0.25, 0.3) is 28.3 Å². The maximum absolute atomic E-state index is 12.9. The highest BCUT2D eigenvalue weighted by Crippen LogP contribution is 2.36. The van der Waals surface area contributed by atoms with Gasteiger partial charge in [-0.1, -0.05) is 84.9 Å². The van der Waals surface area contributed by atoms with Crippen LogP contribution in [0.2, 0.25) is 0 Å². The van der Waals surface area contributed by atoms with Gasteiger partial charge in [0.1, 0.15) is 12.9 Å². The quantitative estimate of drug-likeness (QED) is 0.101. The number of unbranched alkanes of at least 4 members (excludes halogenated alkanes) is 1. The van der Waals surface area contributed by atoms with Gasteiger partial charge >= 0.3 is 17.9 Å². The highest BCUT2D eigenvalue weighted by Gasteiger charge is 2.32. The lowest BCUT2D eigenvalue weighted by Crippen LogP contribution is -2.46. The van der Waals surface area contributed by atoms with Crippen molar-refractivity contribution in [3.63, 3.8) is 0 Å². The first kappa shape index (κ1) is 34.0. The van der Waals surface area contributed by atoms with Gasteiger partial charge < -0.3 is 19.6 Å². The van der Waals surface area contributed by atoms with Crippen molar-refractivity contribution in [3.05, 3.63) is 130 Å². The molecule has 0 bridgehead atoms. The molecule has 1 heterocycles. The molecule has 0 radical (unpaired) electrons. The topological polar surface area (TPSA) is 131 Å². The first-order valence-electron chi connectivity index (χ1n) is 16.8. The van der Waals surface area contributed by atoms with Crippen molar-refractivity contribution in [2.45, 2.75) is 63.8 Å². The van der Waals surface area contributed by atoms with Crippen molar-refractivity contribution in [3.8, 4) is 11.1 Å². The van der Waals surface area contributed by atoms with Crippen molar-refractivity contribution in [1.82, 2.24) is 9.88 Å². The van der Waals surface area contributed by atoms with Crippen molar-refractivity contribution < 1.29 is 28.6 Å². The molecule has 1 aliphatic carbocycles. The number of allylic oxidation sites excluding steroid dienone is 1. The average molecular weight is 674 g/mol. The van der Waals surface area contributed by atoms with Crippen molar-refractivity contribution in [1.29, 1.82) is 0 Å². The van der Waals surface area contributed by atoms with Gasteiger partial charge in [0.2, 0.25) is 0 Å². The minimum absolute atomic E-state index is 0.0993. The van der Waals surface area contributed by atoms with Gasteiger partial charge in [-0.2, -0.15) is 0 Å². The summed E-state index contributed by atoms with van der Waals surface area (Å²) in [6.45, 7) is 0.636. The van der Waals surface area contributed by atoms with E-state index in [1.165, 1.54) is 4.90 Å². The fraction of sp³-hybridized carbons (Fsp3) is 0.250. The van der Waals surface area contributed by atoms with E-state index in [4.69, 9.17) is 9.15 Å². The van der Waals surface area contributed by atoms with E-state index in [1.807, 2.05) is 91.0 Å². The molecule has 5 aromatic rings. The minimum atomic E-state index is -1.03. The van der Waals surface area contributed by atoms with E-state index in [0.717, 1.165) is 22.3 Å². The number of amides is 2. The summed E-state index contributed by atoms with van der Waals surface area (Å²) >= 11 is 0. The number of ether oxygens (including phenoxy) is 1. The summed E-state index contributed by atoms with van der Waals surface area (Å²) in [4.78, 5) is 50.4. The number of alkyl carbamates (subject to hydrolysis) is 1. The molecule has 10 heteroatoms. The van der Waals surface area contributed by atoms with Crippen LogP contribution in [0, 0.1) is 0 Å². The molecule has 2 N–H and O–H groups in total. The monoisotopic (exact) mass is 673 g/mol. The second-order valence-electron chi connectivity index (χ2n) is 12.4. The summed E-state index contributed by atoms with van der Waals surface area (Å²) < 4.78 is 12.3. The lowest BCUT2D eigenvalue weighted by molar-refractivity contribution is 0.112. The highest BCUT2D eigenvalue weighted by atomic mass is 16.5. The van der Waals surface area contributed by atoms with Gasteiger partial charge in [0.15, 0.2) is 5.58 Å². The Morgan fingerprint density at radius 3 is 2.36 bits per heavy atom. The SMILES string of the molecule is O=Cc1ccc2c(c1)oc(=O)n2CCC/C=C/c1ccc(-c2ccccc2)c(N(C(=O)O)C2CCC(NC(=O)OCc3ccccc3)CC2)c1. The second-order valence-corrected chi connectivity index (χ2v) is 12.4. The number of aryl methyl sites for hydroxylation is 1. The number of hydrogen-bond donors (Lipinski definition) is 2. The third-order valence-electron chi connectivity index (χ3n) is 9.06. The van der Waals surface area contributed by atoms with Crippen LogP contribution in [0.5, 0.6) is 0 Å². The van der Waals surface area contributed by atoms with Crippen molar-refractivity contribution >= 4 is 41.3 Å². The minimum Gasteiger partial charge on any atom is -0.465 e. The Balaban J connectivity index is 1.12. The van der Waals surface area contributed by atoms with Crippen LogP contribution < -0.4 is 16.0 Å². The van der Waals surface area contributed by atoms with Crippen LogP contribution in [0.15, 0.2) is 112 Å². The third-order valence-corrected chi connectivity index (χ3v) is 9.06. The molecule has 1 saturated carbocycles. The molecular weight excluding hydrogens is 634 g/mol. The van der Waals surface area contributed by atoms with Crippen LogP contribution in [0.3, 0.4) is 0 Å². The lowest BCUT2D eigenvalue weighted by atomic mass is 9.89. The Hall–Kier alpha value is -5.90. The average Bonchev–Trinajstić information content (AvgIpc) is 3.45. The molecule has 0 saturated heterocycles. The second kappa shape index (κ2) is 16.0. The van der Waals surface area contributed by atoms with Crippen LogP contribution in [0.4, 0.5) is 15.3 Å². The number of fused-ring (bicyclic) bond motifs is 1. The Bertz CT molecular complexity index is 2030. The molecule has 10 nitrogen and oxygen atoms in total. The van der Waals surface area contributed by atoms with Crippen LogP contribution in [-0.2, 0) is 17.9 Å². The van der Waals surface area contributed by atoms with Gasteiger partial charge in [0, 0.05) is 29.8 Å². The van der Waals surface area contributed by atoms with E-state index in [1.54, 1.807) is 22.8 Å². The number of carboxylic acid groups (broad SMARTS) is 1. The van der Waals surface area contributed by atoms with Crippen molar-refractivity contribution in [2.24, 2.45) is 0 Å². The van der Waals surface area contributed by atoms with Crippen LogP contribution in [0.1, 0.15) is 60.0 Å². The van der Waals surface area contributed by atoms with E-state index < -0.39 is 17.9 Å². The van der Waals surface area contributed by atoms with E-state index in [-0.39, 0.29) is 18.7 Å². The predicted molar refractivity (Wildman–Crippen MR) is 192 cm³/mol. The zero-order chi connectivity index (χ0) is 34.9. The van der Waals surface area contributed by atoms with E-state index >= 15 is 0 Å². The molecule has 0 unspecified atom stereocenters. The standard InChI is InChI=1S/C40H39N3O7/c44-26-30-16-22-35-37(25-30)50-40(48)42(35)23-9-3-6-10-28-15-21-34(31-13-7-2-8-14-31)36(24-28)43(39(46)47)33-19-17-32(18-20-33)41-38(45)49-27-29-11-4-1-5-12-29/h1-2,4-8,10-16,21-22,24-26,32-33H,3,9,17-20,23,27H2,(H,41,45)(H,46,47)/b10-6+. The van der Waals surface area contributed by atoms with Gasteiger partial charge in [-0.3, -0.25) is 14.3 Å². The van der Waals surface area contributed by atoms with Gasteiger partial charge in [-0.05, 0) is 79.5 Å². The number of nitrogens with one attached hydrogen (secondary N) is 1. The molecule has 4 aromatic carbocycles. The number of aldehydes is 1. The van der Waals surface area contributed by atoms with E-state index in [2.05, 4.69) is 5.32 Å². The zero-order valence-electron chi connectivity index (χ0n) is 27.6. The lowest BCUT2D eigenvalue weighted by Gasteiger charge is -2.36. The van der Waals surface area contributed by atoms with Crippen LogP contribution >= 0.6 is 0 Å². The molecule has 1 fully saturated rings. The fourth-order valence-electron chi connectivity index (χ4n) is 6.53. The normalized spacial score (nSPS) is 15.9. The molecule has 50 heavy (non-hydrogen) atoms. The summed E-state index contributed by atoms with van der Waals surface area (Å²) in [5.41, 5.74) is 5.58. The van der Waals surface area contributed by atoms with Crippen molar-refractivity contribution in [2.75, 3.05) is 4.90 Å². The first-order valence-corrected chi connectivity index (χ1v) is 16.8. The predicted octanol–water partition coefficient (Wildman–Crippen LogP) is 8.29. The molecule has 2 amide bonds. The highest BCUT2D eigenvalue weighted by molar-refractivity contribution is 5.94. The molecule has 1 aromatic heterocycles. The Labute approximate surface area is 289 Å². The van der Waals surface area contributed by atoms with Gasteiger partial charge in [-0.25, -0.2) is 14.4 Å². The number of carbonyl (C=O) groups excluding carboxylic acids is 2. The summed E-state index contributed by atoms with van der Waals surface area (Å²) in [6.07, 6.45) is 6.96. The van der Waals surface area contributed by atoms with Gasteiger partial charge in [0.25, 0.3) is 0 Å². The molecule has 0 aliphatic heterocycles. The number of oxazole rings is 1.